The van der Waals surface area contributed by atoms with Crippen LogP contribution in [0.2, 0.25) is 0 Å². The molecule has 0 N–H and O–H groups in total. The zero-order chi connectivity index (χ0) is 40.2. The van der Waals surface area contributed by atoms with Crippen molar-refractivity contribution in [3.8, 4) is 0 Å². The summed E-state index contributed by atoms with van der Waals surface area (Å²) in [5.41, 5.74) is 2.86. The minimum atomic E-state index is -3.99. The molecular formula is C47H58O9S. The lowest BCUT2D eigenvalue weighted by Gasteiger charge is -2.49. The lowest BCUT2D eigenvalue weighted by molar-refractivity contribution is -0.337. The predicted molar refractivity (Wildman–Crippen MR) is 221 cm³/mol. The van der Waals surface area contributed by atoms with Crippen LogP contribution in [-0.2, 0) is 69.4 Å². The minimum absolute atomic E-state index is 0.0146. The van der Waals surface area contributed by atoms with Crippen molar-refractivity contribution in [2.45, 2.75) is 109 Å². The van der Waals surface area contributed by atoms with Crippen LogP contribution in [0.15, 0.2) is 133 Å². The van der Waals surface area contributed by atoms with Crippen molar-refractivity contribution < 1.29 is 41.6 Å². The van der Waals surface area contributed by atoms with E-state index in [2.05, 4.69) is 27.4 Å². The maximum absolute atomic E-state index is 14.4. The van der Waals surface area contributed by atoms with E-state index in [0.717, 1.165) is 28.7 Å². The summed E-state index contributed by atoms with van der Waals surface area (Å²) < 4.78 is 75.9. The zero-order valence-electron chi connectivity index (χ0n) is 33.6. The van der Waals surface area contributed by atoms with E-state index in [9.17, 15) is 8.42 Å². The maximum atomic E-state index is 14.4. The van der Waals surface area contributed by atoms with Crippen LogP contribution in [0, 0.1) is 11.8 Å². The SMILES string of the molecule is C=C(C)CS(=O)(=O)C1O[C@H](COCc2ccccc2)[C@@H](O[C@H]2O[C@H](CC)[C@@H](C)[C@H](C)[C@H]2OCc2ccccc2)[C@H](OCc2ccccc2)[C@H]1OCc1ccccc1. The fourth-order valence-corrected chi connectivity index (χ4v) is 9.45. The molecule has 0 saturated carbocycles. The molecule has 4 aromatic carbocycles. The first-order chi connectivity index (χ1) is 27.6. The summed E-state index contributed by atoms with van der Waals surface area (Å²) in [7, 11) is -3.99. The maximum Gasteiger partial charge on any atom is 0.188 e. The van der Waals surface area contributed by atoms with Gasteiger partial charge in [0.05, 0.1) is 44.9 Å². The molecule has 57 heavy (non-hydrogen) atoms. The van der Waals surface area contributed by atoms with E-state index in [-0.39, 0.29) is 50.1 Å². The van der Waals surface area contributed by atoms with Crippen LogP contribution in [-0.4, -0.2) is 69.1 Å². The fourth-order valence-electron chi connectivity index (χ4n) is 7.65. The topological polar surface area (TPSA) is 98.8 Å². The molecule has 10 heteroatoms. The van der Waals surface area contributed by atoms with Crippen LogP contribution < -0.4 is 0 Å². The van der Waals surface area contributed by atoms with Crippen LogP contribution in [0.5, 0.6) is 0 Å². The Morgan fingerprint density at radius 2 is 1.05 bits per heavy atom. The largest absolute Gasteiger partial charge is 0.374 e. The van der Waals surface area contributed by atoms with E-state index in [4.69, 9.17) is 33.2 Å². The highest BCUT2D eigenvalue weighted by Crippen LogP contribution is 2.39. The van der Waals surface area contributed by atoms with Gasteiger partial charge in [-0.15, -0.1) is 0 Å². The molecule has 2 aliphatic rings. The smallest absolute Gasteiger partial charge is 0.188 e. The van der Waals surface area contributed by atoms with Gasteiger partial charge in [-0.2, -0.15) is 0 Å². The first kappa shape index (κ1) is 42.9. The Labute approximate surface area is 339 Å². The summed E-state index contributed by atoms with van der Waals surface area (Å²) in [5, 5.41) is 0. The van der Waals surface area contributed by atoms with Crippen LogP contribution >= 0.6 is 0 Å². The first-order valence-electron chi connectivity index (χ1n) is 20.0. The molecule has 6 rings (SSSR count). The molecule has 0 bridgehead atoms. The number of sulfone groups is 1. The fraction of sp³-hybridized carbons (Fsp3) is 0.447. The monoisotopic (exact) mass is 798 g/mol. The molecule has 0 radical (unpaired) electrons. The van der Waals surface area contributed by atoms with E-state index in [1.807, 2.05) is 121 Å². The number of ether oxygens (including phenoxy) is 7. The van der Waals surface area contributed by atoms with Gasteiger partial charge < -0.3 is 33.2 Å². The molecule has 1 unspecified atom stereocenters. The number of hydrogen-bond donors (Lipinski definition) is 0. The Kier molecular flexibility index (Phi) is 15.7. The van der Waals surface area contributed by atoms with Gasteiger partial charge in [0.15, 0.2) is 21.6 Å². The Morgan fingerprint density at radius 1 is 0.596 bits per heavy atom. The van der Waals surface area contributed by atoms with Gasteiger partial charge >= 0.3 is 0 Å². The lowest BCUT2D eigenvalue weighted by atomic mass is 9.82. The molecule has 0 amide bonds. The van der Waals surface area contributed by atoms with Crippen LogP contribution in [0.25, 0.3) is 0 Å². The minimum Gasteiger partial charge on any atom is -0.374 e. The second-order valence-corrected chi connectivity index (χ2v) is 17.4. The molecule has 0 aromatic heterocycles. The first-order valence-corrected chi connectivity index (χ1v) is 21.7. The lowest BCUT2D eigenvalue weighted by Crippen LogP contribution is -2.65. The van der Waals surface area contributed by atoms with Crippen molar-refractivity contribution in [2.24, 2.45) is 11.8 Å². The molecule has 10 atom stereocenters. The molecule has 4 aromatic rings. The molecule has 306 valence electrons. The molecule has 2 aliphatic heterocycles. The van der Waals surface area contributed by atoms with Gasteiger partial charge in [-0.05, 0) is 47.4 Å². The summed E-state index contributed by atoms with van der Waals surface area (Å²) in [4.78, 5) is 0. The van der Waals surface area contributed by atoms with Crippen molar-refractivity contribution in [3.05, 3.63) is 156 Å². The van der Waals surface area contributed by atoms with Gasteiger partial charge in [0, 0.05) is 0 Å². The third kappa shape index (κ3) is 11.7. The molecule has 9 nitrogen and oxygen atoms in total. The third-order valence-corrected chi connectivity index (χ3v) is 12.8. The van der Waals surface area contributed by atoms with Gasteiger partial charge in [-0.25, -0.2) is 8.42 Å². The Balaban J connectivity index is 1.40. The van der Waals surface area contributed by atoms with Crippen molar-refractivity contribution >= 4 is 9.84 Å². The number of rotatable bonds is 19. The third-order valence-electron chi connectivity index (χ3n) is 10.8. The summed E-state index contributed by atoms with van der Waals surface area (Å²) in [6, 6.07) is 39.2. The second kappa shape index (κ2) is 20.8. The predicted octanol–water partition coefficient (Wildman–Crippen LogP) is 8.47. The molecule has 2 saturated heterocycles. The van der Waals surface area contributed by atoms with Gasteiger partial charge in [-0.3, -0.25) is 0 Å². The normalized spacial score (nSPS) is 27.9. The van der Waals surface area contributed by atoms with Crippen molar-refractivity contribution in [1.29, 1.82) is 0 Å². The Hall–Kier alpha value is -3.71. The van der Waals surface area contributed by atoms with Gasteiger partial charge in [0.2, 0.25) is 0 Å². The molecule has 2 fully saturated rings. The van der Waals surface area contributed by atoms with E-state index >= 15 is 0 Å². The second-order valence-electron chi connectivity index (χ2n) is 15.4. The van der Waals surface area contributed by atoms with Gasteiger partial charge in [0.25, 0.3) is 0 Å². The van der Waals surface area contributed by atoms with Gasteiger partial charge in [-0.1, -0.05) is 154 Å². The van der Waals surface area contributed by atoms with Crippen molar-refractivity contribution in [3.63, 3.8) is 0 Å². The highest BCUT2D eigenvalue weighted by molar-refractivity contribution is 7.92. The highest BCUT2D eigenvalue weighted by atomic mass is 32.2. The summed E-state index contributed by atoms with van der Waals surface area (Å²) >= 11 is 0. The van der Waals surface area contributed by atoms with Crippen LogP contribution in [0.4, 0.5) is 0 Å². The van der Waals surface area contributed by atoms with Crippen molar-refractivity contribution in [1.82, 2.24) is 0 Å². The Bertz CT molecular complexity index is 1890. The summed E-state index contributed by atoms with van der Waals surface area (Å²) in [6.45, 7) is 13.1. The summed E-state index contributed by atoms with van der Waals surface area (Å²) in [6.07, 6.45) is -4.45. The van der Waals surface area contributed by atoms with E-state index < -0.39 is 52.1 Å². The molecule has 0 spiro atoms. The van der Waals surface area contributed by atoms with E-state index in [0.29, 0.717) is 12.2 Å². The number of hydrogen-bond acceptors (Lipinski definition) is 9. The molecular weight excluding hydrogens is 741 g/mol. The molecule has 2 heterocycles. The van der Waals surface area contributed by atoms with Crippen molar-refractivity contribution in [2.75, 3.05) is 12.4 Å². The highest BCUT2D eigenvalue weighted by Gasteiger charge is 2.55. The Morgan fingerprint density at radius 3 is 1.53 bits per heavy atom. The summed E-state index contributed by atoms with van der Waals surface area (Å²) in [5.74, 6) is -0.0364. The standard InChI is InChI=1S/C47H58O9S/c1-6-40-34(4)35(5)42(51-28-37-21-13-8-14-22-37)46(54-40)56-43-41(31-50-27-36-19-11-7-12-20-36)55-47(57(48,49)32-33(2)3)45(53-30-39-25-17-10-18-26-39)44(43)52-29-38-23-15-9-16-24-38/h7-26,34-35,40-47H,2,6,27-32H2,1,3-5H3/t34-,35-,40+,41+,42+,43+,44-,45+,46+,47?/m0/s1. The van der Waals surface area contributed by atoms with Crippen LogP contribution in [0.1, 0.15) is 56.4 Å². The average Bonchev–Trinajstić information content (AvgIpc) is 3.22. The zero-order valence-corrected chi connectivity index (χ0v) is 34.4. The van der Waals surface area contributed by atoms with Gasteiger partial charge in [0.1, 0.15) is 30.5 Å². The van der Waals surface area contributed by atoms with E-state index in [1.165, 1.54) is 0 Å². The average molecular weight is 799 g/mol. The van der Waals surface area contributed by atoms with Crippen LogP contribution in [0.3, 0.4) is 0 Å². The molecule has 0 aliphatic carbocycles. The quantitative estimate of drug-likeness (QED) is 0.0866. The van der Waals surface area contributed by atoms with E-state index in [1.54, 1.807) is 6.92 Å². The number of benzene rings is 4.